The minimum atomic E-state index is -1.05. The Bertz CT molecular complexity index is 879. The van der Waals surface area contributed by atoms with E-state index in [4.69, 9.17) is 4.42 Å². The highest BCUT2D eigenvalue weighted by Gasteiger charge is 2.21. The Hall–Kier alpha value is -1.92. The van der Waals surface area contributed by atoms with Gasteiger partial charge in [-0.25, -0.2) is 0 Å². The van der Waals surface area contributed by atoms with Crippen molar-refractivity contribution < 1.29 is 13.4 Å². The summed E-state index contributed by atoms with van der Waals surface area (Å²) in [5.74, 6) is 0.294. The van der Waals surface area contributed by atoms with E-state index >= 15 is 0 Å². The first kappa shape index (κ1) is 16.0. The summed E-state index contributed by atoms with van der Waals surface area (Å²) in [6.45, 7) is 2.48. The third kappa shape index (κ3) is 3.38. The predicted molar refractivity (Wildman–Crippen MR) is 94.2 cm³/mol. The van der Waals surface area contributed by atoms with Crippen LogP contribution in [0.1, 0.15) is 26.6 Å². The fourth-order valence-corrected chi connectivity index (χ4v) is 3.99. The van der Waals surface area contributed by atoms with Crippen molar-refractivity contribution >= 4 is 39.0 Å². The number of fused-ring (bicyclic) bond motifs is 1. The Balaban J connectivity index is 1.90. The highest BCUT2D eigenvalue weighted by molar-refractivity contribution is 7.83. The minimum Gasteiger partial charge on any atom is -0.451 e. The molecule has 0 aliphatic carbocycles. The first-order valence-corrected chi connectivity index (χ1v) is 9.78. The molecule has 1 amide bonds. The van der Waals surface area contributed by atoms with E-state index in [1.807, 2.05) is 42.6 Å². The zero-order valence-electron chi connectivity index (χ0n) is 12.9. The van der Waals surface area contributed by atoms with Gasteiger partial charge < -0.3 is 9.73 Å². The second-order valence-electron chi connectivity index (χ2n) is 5.33. The average Bonchev–Trinajstić information content (AvgIpc) is 3.09. The maximum Gasteiger partial charge on any atom is 0.287 e. The molecule has 0 spiro atoms. The molecule has 4 nitrogen and oxygen atoms in total. The van der Waals surface area contributed by atoms with Crippen LogP contribution in [0.4, 0.5) is 0 Å². The van der Waals surface area contributed by atoms with E-state index in [0.29, 0.717) is 23.4 Å². The van der Waals surface area contributed by atoms with Crippen molar-refractivity contribution in [2.75, 3.05) is 6.26 Å². The van der Waals surface area contributed by atoms with Crippen molar-refractivity contribution in [3.8, 4) is 0 Å². The molecular formula is C17H17NO3S2. The molecular weight excluding hydrogens is 330 g/mol. The smallest absolute Gasteiger partial charge is 0.287 e. The standard InChI is InChI=1S/C17H17NO3S2/c1-11-7-8-22-15(11)9-18-17(19)16-13(10-23(2)20)12-5-3-4-6-14(12)21-16/h3-8H,9-10H2,1-2H3,(H,18,19)/t23-/m1/s1. The van der Waals surface area contributed by atoms with Gasteiger partial charge in [0.1, 0.15) is 5.58 Å². The highest BCUT2D eigenvalue weighted by atomic mass is 32.2. The number of para-hydroxylation sites is 1. The van der Waals surface area contributed by atoms with Crippen LogP contribution in [0.3, 0.4) is 0 Å². The van der Waals surface area contributed by atoms with Gasteiger partial charge in [0.2, 0.25) is 0 Å². The second-order valence-corrected chi connectivity index (χ2v) is 7.77. The molecule has 23 heavy (non-hydrogen) atoms. The van der Waals surface area contributed by atoms with E-state index in [0.717, 1.165) is 15.8 Å². The van der Waals surface area contributed by atoms with Gasteiger partial charge in [-0.3, -0.25) is 9.00 Å². The number of aryl methyl sites for hydroxylation is 1. The molecule has 0 bridgehead atoms. The van der Waals surface area contributed by atoms with Gasteiger partial charge >= 0.3 is 0 Å². The Labute approximate surface area is 141 Å². The molecule has 3 rings (SSSR count). The van der Waals surface area contributed by atoms with Gasteiger partial charge in [-0.1, -0.05) is 18.2 Å². The number of benzene rings is 1. The summed E-state index contributed by atoms with van der Waals surface area (Å²) in [4.78, 5) is 13.6. The van der Waals surface area contributed by atoms with E-state index in [-0.39, 0.29) is 11.7 Å². The van der Waals surface area contributed by atoms with Crippen molar-refractivity contribution in [1.82, 2.24) is 5.32 Å². The van der Waals surface area contributed by atoms with E-state index in [1.54, 1.807) is 17.6 Å². The van der Waals surface area contributed by atoms with Crippen molar-refractivity contribution in [3.63, 3.8) is 0 Å². The van der Waals surface area contributed by atoms with Crippen LogP contribution < -0.4 is 5.32 Å². The van der Waals surface area contributed by atoms with Gasteiger partial charge in [-0.05, 0) is 30.0 Å². The highest BCUT2D eigenvalue weighted by Crippen LogP contribution is 2.27. The lowest BCUT2D eigenvalue weighted by Gasteiger charge is -2.04. The number of hydrogen-bond donors (Lipinski definition) is 1. The monoisotopic (exact) mass is 347 g/mol. The second kappa shape index (κ2) is 6.68. The molecule has 0 fully saturated rings. The maximum atomic E-state index is 12.5. The number of carbonyl (C=O) groups is 1. The van der Waals surface area contributed by atoms with Crippen LogP contribution in [0, 0.1) is 6.92 Å². The van der Waals surface area contributed by atoms with Gasteiger partial charge in [0, 0.05) is 32.9 Å². The summed E-state index contributed by atoms with van der Waals surface area (Å²) in [5.41, 5.74) is 2.52. The van der Waals surface area contributed by atoms with E-state index in [9.17, 15) is 9.00 Å². The maximum absolute atomic E-state index is 12.5. The van der Waals surface area contributed by atoms with Crippen molar-refractivity contribution in [1.29, 1.82) is 0 Å². The van der Waals surface area contributed by atoms with E-state index < -0.39 is 10.8 Å². The molecule has 6 heteroatoms. The first-order valence-electron chi connectivity index (χ1n) is 7.18. The number of nitrogens with one attached hydrogen (secondary N) is 1. The van der Waals surface area contributed by atoms with Crippen LogP contribution in [0.25, 0.3) is 11.0 Å². The number of amides is 1. The minimum absolute atomic E-state index is 0.260. The molecule has 0 unspecified atom stereocenters. The number of thiophene rings is 1. The van der Waals surface area contributed by atoms with Gasteiger partial charge in [-0.15, -0.1) is 11.3 Å². The summed E-state index contributed by atoms with van der Waals surface area (Å²) in [7, 11) is -1.05. The zero-order chi connectivity index (χ0) is 16.4. The average molecular weight is 347 g/mol. The molecule has 1 N–H and O–H groups in total. The van der Waals surface area contributed by atoms with Gasteiger partial charge in [0.25, 0.3) is 5.91 Å². The predicted octanol–water partition coefficient (Wildman–Crippen LogP) is 3.61. The molecule has 0 aliphatic rings. The lowest BCUT2D eigenvalue weighted by molar-refractivity contribution is 0.0924. The Kier molecular flexibility index (Phi) is 4.63. The molecule has 0 radical (unpaired) electrons. The third-order valence-electron chi connectivity index (χ3n) is 3.63. The van der Waals surface area contributed by atoms with Crippen LogP contribution >= 0.6 is 11.3 Å². The van der Waals surface area contributed by atoms with E-state index in [2.05, 4.69) is 5.32 Å². The summed E-state index contributed by atoms with van der Waals surface area (Å²) in [6, 6.07) is 9.48. The lowest BCUT2D eigenvalue weighted by atomic mass is 10.1. The van der Waals surface area contributed by atoms with Gasteiger partial charge in [0.15, 0.2) is 5.76 Å². The largest absolute Gasteiger partial charge is 0.451 e. The van der Waals surface area contributed by atoms with Gasteiger partial charge in [0.05, 0.1) is 12.3 Å². The van der Waals surface area contributed by atoms with Gasteiger partial charge in [-0.2, -0.15) is 0 Å². The third-order valence-corrected chi connectivity index (χ3v) is 5.35. The fraction of sp³-hybridized carbons (Fsp3) is 0.235. The molecule has 3 aromatic rings. The van der Waals surface area contributed by atoms with Crippen molar-refractivity contribution in [2.45, 2.75) is 19.2 Å². The summed E-state index contributed by atoms with van der Waals surface area (Å²) < 4.78 is 17.4. The number of carbonyl (C=O) groups excluding carboxylic acids is 1. The summed E-state index contributed by atoms with van der Waals surface area (Å²) >= 11 is 1.61. The molecule has 0 saturated heterocycles. The van der Waals surface area contributed by atoms with Crippen molar-refractivity contribution in [3.05, 3.63) is 57.5 Å². The summed E-state index contributed by atoms with van der Waals surface area (Å²) in [6.07, 6.45) is 1.62. The fourth-order valence-electron chi connectivity index (χ4n) is 2.45. The zero-order valence-corrected chi connectivity index (χ0v) is 14.6. The molecule has 2 aromatic heterocycles. The molecule has 2 heterocycles. The van der Waals surface area contributed by atoms with Crippen LogP contribution in [0.2, 0.25) is 0 Å². The first-order chi connectivity index (χ1) is 11.1. The van der Waals surface area contributed by atoms with Crippen LogP contribution in [-0.2, 0) is 23.1 Å². The SMILES string of the molecule is Cc1ccsc1CNC(=O)c1oc2ccccc2c1C[S@@](C)=O. The molecule has 0 saturated carbocycles. The Morgan fingerprint density at radius 3 is 2.78 bits per heavy atom. The van der Waals surface area contributed by atoms with E-state index in [1.165, 1.54) is 0 Å². The molecule has 120 valence electrons. The normalized spacial score (nSPS) is 12.4. The van der Waals surface area contributed by atoms with Crippen LogP contribution in [0.15, 0.2) is 40.1 Å². The summed E-state index contributed by atoms with van der Waals surface area (Å²) in [5, 5.41) is 5.75. The number of hydrogen-bond acceptors (Lipinski definition) is 4. The number of rotatable bonds is 5. The van der Waals surface area contributed by atoms with Crippen LogP contribution in [-0.4, -0.2) is 16.4 Å². The lowest BCUT2D eigenvalue weighted by Crippen LogP contribution is -2.23. The Morgan fingerprint density at radius 2 is 2.09 bits per heavy atom. The Morgan fingerprint density at radius 1 is 1.30 bits per heavy atom. The number of furan rings is 1. The molecule has 0 aliphatic heterocycles. The van der Waals surface area contributed by atoms with Crippen LogP contribution in [0.5, 0.6) is 0 Å². The molecule has 1 aromatic carbocycles. The quantitative estimate of drug-likeness (QED) is 0.767. The topological polar surface area (TPSA) is 59.3 Å². The molecule has 1 atom stereocenters. The van der Waals surface area contributed by atoms with Crippen molar-refractivity contribution in [2.24, 2.45) is 0 Å².